The van der Waals surface area contributed by atoms with Crippen molar-refractivity contribution >= 4 is 48.8 Å². The van der Waals surface area contributed by atoms with E-state index >= 15 is 0 Å². The molecule has 28 heavy (non-hydrogen) atoms. The molecular formula is C19H21N3O3S3. The average molecular weight is 436 g/mol. The average Bonchev–Trinajstić information content (AvgIpc) is 3.36. The Balaban J connectivity index is 1.73. The fraction of sp³-hybridized carbons (Fsp3) is 0.368. The molecule has 148 valence electrons. The largest absolute Gasteiger partial charge is 0.317 e. The van der Waals surface area contributed by atoms with E-state index in [-0.39, 0.29) is 10.1 Å². The van der Waals surface area contributed by atoms with Gasteiger partial charge in [0.2, 0.25) is 0 Å². The molecule has 2 aromatic heterocycles. The van der Waals surface area contributed by atoms with Crippen LogP contribution < -0.4 is 4.80 Å². The summed E-state index contributed by atoms with van der Waals surface area (Å²) in [7, 11) is -3.68. The lowest BCUT2D eigenvalue weighted by Crippen LogP contribution is -2.47. The van der Waals surface area contributed by atoms with Gasteiger partial charge in [0.1, 0.15) is 10.3 Å². The molecule has 0 spiro atoms. The van der Waals surface area contributed by atoms with Crippen LogP contribution in [0.1, 0.15) is 26.2 Å². The number of carbonyl (C=O) groups excluding carboxylic acids is 1. The van der Waals surface area contributed by atoms with Crippen molar-refractivity contribution in [3.8, 4) is 0 Å². The van der Waals surface area contributed by atoms with E-state index in [0.717, 1.165) is 23.1 Å². The van der Waals surface area contributed by atoms with Crippen molar-refractivity contribution in [2.24, 2.45) is 4.99 Å². The normalized spacial score (nSPS) is 19.3. The predicted molar refractivity (Wildman–Crippen MR) is 112 cm³/mol. The third kappa shape index (κ3) is 3.47. The van der Waals surface area contributed by atoms with Gasteiger partial charge in [0, 0.05) is 13.1 Å². The van der Waals surface area contributed by atoms with E-state index < -0.39 is 16.1 Å². The molecule has 1 saturated heterocycles. The van der Waals surface area contributed by atoms with Crippen LogP contribution in [-0.4, -0.2) is 35.8 Å². The zero-order chi connectivity index (χ0) is 19.7. The molecule has 1 aliphatic rings. The van der Waals surface area contributed by atoms with Gasteiger partial charge >= 0.3 is 0 Å². The maximum absolute atomic E-state index is 13.1. The number of para-hydroxylation sites is 1. The number of fused-ring (bicyclic) bond motifs is 1. The van der Waals surface area contributed by atoms with Crippen molar-refractivity contribution in [2.45, 2.75) is 43.0 Å². The summed E-state index contributed by atoms with van der Waals surface area (Å²) in [6, 6.07) is 10.5. The van der Waals surface area contributed by atoms with Crippen molar-refractivity contribution < 1.29 is 13.2 Å². The fourth-order valence-corrected chi connectivity index (χ4v) is 7.42. The lowest BCUT2D eigenvalue weighted by Gasteiger charge is -2.31. The molecule has 1 aromatic carbocycles. The Labute approximate surface area is 171 Å². The number of thiazole rings is 1. The van der Waals surface area contributed by atoms with Gasteiger partial charge in [0.05, 0.1) is 10.2 Å². The highest BCUT2D eigenvalue weighted by atomic mass is 32.2. The summed E-state index contributed by atoms with van der Waals surface area (Å²) in [6.07, 6.45) is 2.08. The molecule has 0 radical (unpaired) electrons. The van der Waals surface area contributed by atoms with Crippen LogP contribution in [0.25, 0.3) is 10.2 Å². The maximum Gasteiger partial charge on any atom is 0.266 e. The highest BCUT2D eigenvalue weighted by molar-refractivity contribution is 7.91. The van der Waals surface area contributed by atoms with E-state index in [4.69, 9.17) is 0 Å². The number of hydrogen-bond acceptors (Lipinski definition) is 5. The molecule has 6 nitrogen and oxygen atoms in total. The van der Waals surface area contributed by atoms with Crippen LogP contribution in [0.3, 0.4) is 0 Å². The number of aromatic nitrogens is 1. The van der Waals surface area contributed by atoms with Crippen LogP contribution >= 0.6 is 22.7 Å². The minimum Gasteiger partial charge on any atom is -0.317 e. The monoisotopic (exact) mass is 435 g/mol. The number of piperidine rings is 1. The topological polar surface area (TPSA) is 71.7 Å². The molecule has 1 amide bonds. The first-order valence-corrected chi connectivity index (χ1v) is 12.4. The molecule has 9 heteroatoms. The van der Waals surface area contributed by atoms with E-state index in [1.807, 2.05) is 35.8 Å². The second-order valence-electron chi connectivity index (χ2n) is 6.61. The van der Waals surface area contributed by atoms with Crippen molar-refractivity contribution in [3.05, 3.63) is 46.6 Å². The van der Waals surface area contributed by atoms with Crippen LogP contribution in [0.15, 0.2) is 51.0 Å². The number of hydrogen-bond donors (Lipinski definition) is 0. The van der Waals surface area contributed by atoms with Gasteiger partial charge in [-0.25, -0.2) is 8.42 Å². The van der Waals surface area contributed by atoms with E-state index in [9.17, 15) is 13.2 Å². The van der Waals surface area contributed by atoms with Crippen LogP contribution in [0, 0.1) is 0 Å². The fourth-order valence-electron chi connectivity index (χ4n) is 3.55. The molecular weight excluding hydrogens is 414 g/mol. The van der Waals surface area contributed by atoms with Crippen molar-refractivity contribution in [2.75, 3.05) is 6.54 Å². The molecule has 4 rings (SSSR count). The molecule has 1 unspecified atom stereocenters. The molecule has 1 atom stereocenters. The SMILES string of the molecule is CCn1c(=NC(=O)C2CCCCN2S(=O)(=O)c2cccs2)sc2ccccc21. The van der Waals surface area contributed by atoms with E-state index in [1.54, 1.807) is 17.5 Å². The highest BCUT2D eigenvalue weighted by Gasteiger charge is 2.38. The van der Waals surface area contributed by atoms with Gasteiger partial charge in [-0.05, 0) is 43.3 Å². The molecule has 3 heterocycles. The lowest BCUT2D eigenvalue weighted by atomic mass is 10.0. The number of amides is 1. The minimum absolute atomic E-state index is 0.276. The second kappa shape index (κ2) is 7.90. The Morgan fingerprint density at radius 3 is 2.79 bits per heavy atom. The van der Waals surface area contributed by atoms with Crippen LogP contribution in [-0.2, 0) is 21.4 Å². The van der Waals surface area contributed by atoms with E-state index in [1.165, 1.54) is 27.0 Å². The molecule has 0 N–H and O–H groups in total. The van der Waals surface area contributed by atoms with Gasteiger partial charge in [-0.2, -0.15) is 9.30 Å². The van der Waals surface area contributed by atoms with Gasteiger partial charge in [0.15, 0.2) is 4.80 Å². The van der Waals surface area contributed by atoms with Gasteiger partial charge in [-0.1, -0.05) is 36.0 Å². The summed E-state index contributed by atoms with van der Waals surface area (Å²) >= 11 is 2.63. The first-order valence-electron chi connectivity index (χ1n) is 9.24. The molecule has 1 fully saturated rings. The van der Waals surface area contributed by atoms with Crippen molar-refractivity contribution in [1.29, 1.82) is 0 Å². The van der Waals surface area contributed by atoms with Crippen LogP contribution in [0.4, 0.5) is 0 Å². The predicted octanol–water partition coefficient (Wildman–Crippen LogP) is 3.45. The molecule has 0 bridgehead atoms. The maximum atomic E-state index is 13.1. The number of thiophene rings is 1. The number of benzene rings is 1. The minimum atomic E-state index is -3.68. The smallest absolute Gasteiger partial charge is 0.266 e. The third-order valence-electron chi connectivity index (χ3n) is 4.91. The summed E-state index contributed by atoms with van der Waals surface area (Å²) in [5, 5.41) is 1.74. The third-order valence-corrected chi connectivity index (χ3v) is 9.25. The highest BCUT2D eigenvalue weighted by Crippen LogP contribution is 2.28. The molecule has 3 aromatic rings. The first-order chi connectivity index (χ1) is 13.5. The van der Waals surface area contributed by atoms with Crippen LogP contribution in [0.2, 0.25) is 0 Å². The summed E-state index contributed by atoms with van der Waals surface area (Å²) < 4.78 is 30.7. The van der Waals surface area contributed by atoms with Crippen LogP contribution in [0.5, 0.6) is 0 Å². The Morgan fingerprint density at radius 2 is 2.04 bits per heavy atom. The Morgan fingerprint density at radius 1 is 1.21 bits per heavy atom. The van der Waals surface area contributed by atoms with Gasteiger partial charge in [-0.3, -0.25) is 4.79 Å². The van der Waals surface area contributed by atoms with E-state index in [0.29, 0.717) is 24.3 Å². The summed E-state index contributed by atoms with van der Waals surface area (Å²) in [6.45, 7) is 3.06. The number of aryl methyl sites for hydroxylation is 1. The Bertz CT molecular complexity index is 1160. The van der Waals surface area contributed by atoms with Gasteiger partial charge in [-0.15, -0.1) is 11.3 Å². The Hall–Kier alpha value is -1.81. The molecule has 0 saturated carbocycles. The number of carbonyl (C=O) groups is 1. The summed E-state index contributed by atoms with van der Waals surface area (Å²) in [5.74, 6) is -0.381. The summed E-state index contributed by atoms with van der Waals surface area (Å²) in [5.41, 5.74) is 1.04. The zero-order valence-electron chi connectivity index (χ0n) is 15.4. The van der Waals surface area contributed by atoms with Gasteiger partial charge < -0.3 is 4.57 Å². The quantitative estimate of drug-likeness (QED) is 0.630. The first kappa shape index (κ1) is 19.5. The number of nitrogens with zero attached hydrogens (tertiary/aromatic N) is 3. The lowest BCUT2D eigenvalue weighted by molar-refractivity contribution is -0.122. The van der Waals surface area contributed by atoms with Crippen molar-refractivity contribution in [3.63, 3.8) is 0 Å². The zero-order valence-corrected chi connectivity index (χ0v) is 17.9. The standard InChI is InChI=1S/C19H21N3O3S3/c1-2-21-14-8-3-4-10-16(14)27-19(21)20-18(23)15-9-5-6-12-22(15)28(24,25)17-11-7-13-26-17/h3-4,7-8,10-11,13,15H,2,5-6,9,12H2,1H3. The van der Waals surface area contributed by atoms with E-state index in [2.05, 4.69) is 4.99 Å². The second-order valence-corrected chi connectivity index (χ2v) is 10.7. The van der Waals surface area contributed by atoms with Gasteiger partial charge in [0.25, 0.3) is 15.9 Å². The number of sulfonamides is 1. The molecule has 0 aliphatic carbocycles. The number of rotatable bonds is 4. The summed E-state index contributed by atoms with van der Waals surface area (Å²) in [4.78, 5) is 18.1. The molecule has 1 aliphatic heterocycles. The van der Waals surface area contributed by atoms with Crippen molar-refractivity contribution in [1.82, 2.24) is 8.87 Å². The Kier molecular flexibility index (Phi) is 5.50.